The van der Waals surface area contributed by atoms with Gasteiger partial charge in [0.1, 0.15) is 11.9 Å². The maximum Gasteiger partial charge on any atom is 0.223 e. The highest BCUT2D eigenvalue weighted by Gasteiger charge is 2.40. The van der Waals surface area contributed by atoms with E-state index in [1.54, 1.807) is 0 Å². The van der Waals surface area contributed by atoms with Gasteiger partial charge >= 0.3 is 0 Å². The van der Waals surface area contributed by atoms with Crippen LogP contribution in [0.2, 0.25) is 0 Å². The number of amides is 1. The highest BCUT2D eigenvalue weighted by molar-refractivity contribution is 5.77. The summed E-state index contributed by atoms with van der Waals surface area (Å²) in [4.78, 5) is 18.7. The molecule has 4 rings (SSSR count). The minimum absolute atomic E-state index is 0.00811. The highest BCUT2D eigenvalue weighted by atomic mass is 16.2. The fraction of sp³-hybridized carbons (Fsp3) is 0.524. The van der Waals surface area contributed by atoms with Crippen LogP contribution in [0.4, 0.5) is 0 Å². The van der Waals surface area contributed by atoms with Crippen molar-refractivity contribution in [1.29, 1.82) is 0 Å². The van der Waals surface area contributed by atoms with E-state index in [4.69, 9.17) is 0 Å². The fourth-order valence-corrected chi connectivity index (χ4v) is 4.58. The third-order valence-electron chi connectivity index (χ3n) is 6.20. The number of nitrogens with zero attached hydrogens (tertiary/aromatic N) is 3. The minimum Gasteiger partial charge on any atom is -0.336 e. The van der Waals surface area contributed by atoms with Crippen molar-refractivity contribution in [3.05, 3.63) is 53.6 Å². The van der Waals surface area contributed by atoms with Crippen molar-refractivity contribution >= 4 is 5.91 Å². The number of aryl methyl sites for hydroxylation is 2. The van der Waals surface area contributed by atoms with E-state index in [1.165, 1.54) is 24.0 Å². The number of likely N-dealkylation sites (N-methyl/N-ethyl adjacent to an activating group) is 1. The summed E-state index contributed by atoms with van der Waals surface area (Å²) in [7, 11) is 3.91. The summed E-state index contributed by atoms with van der Waals surface area (Å²) in [6.07, 6.45) is 7.61. The van der Waals surface area contributed by atoms with Gasteiger partial charge in [-0.1, -0.05) is 24.3 Å². The fourth-order valence-electron chi connectivity index (χ4n) is 4.58. The standard InChI is InChI=1S/C21H28N4O/c1-14-6-4-5-7-17(14)15-12-16(13-15)23-18-8-9-19(26)25(3)20(18)21-22-10-11-24(21)2/h4-7,10-11,15-16,18,20,23H,8-9,12-13H2,1-3H3/t15?,16?,18-,20-/m1/s1. The van der Waals surface area contributed by atoms with Crippen LogP contribution in [-0.4, -0.2) is 39.5 Å². The van der Waals surface area contributed by atoms with Crippen LogP contribution in [0.5, 0.6) is 0 Å². The summed E-state index contributed by atoms with van der Waals surface area (Å²) >= 11 is 0. The molecule has 2 heterocycles. The topological polar surface area (TPSA) is 50.2 Å². The normalized spacial score (nSPS) is 28.9. The number of imidazole rings is 1. The third-order valence-corrected chi connectivity index (χ3v) is 6.20. The second kappa shape index (κ2) is 6.88. The Labute approximate surface area is 155 Å². The van der Waals surface area contributed by atoms with Crippen LogP contribution in [0.25, 0.3) is 0 Å². The van der Waals surface area contributed by atoms with Gasteiger partial charge in [-0.15, -0.1) is 0 Å². The number of carbonyl (C=O) groups excluding carboxylic acids is 1. The number of hydrogen-bond donors (Lipinski definition) is 1. The molecule has 1 saturated heterocycles. The first kappa shape index (κ1) is 17.3. The summed E-state index contributed by atoms with van der Waals surface area (Å²) in [5.41, 5.74) is 2.88. The summed E-state index contributed by atoms with van der Waals surface area (Å²) in [6.45, 7) is 2.20. The van der Waals surface area contributed by atoms with Crippen molar-refractivity contribution in [2.24, 2.45) is 7.05 Å². The number of rotatable bonds is 4. The quantitative estimate of drug-likeness (QED) is 0.920. The molecule has 1 aliphatic carbocycles. The van der Waals surface area contributed by atoms with Gasteiger partial charge in [0, 0.05) is 45.0 Å². The van der Waals surface area contributed by atoms with Gasteiger partial charge in [-0.25, -0.2) is 4.98 Å². The first-order chi connectivity index (χ1) is 12.5. The van der Waals surface area contributed by atoms with Crippen LogP contribution in [-0.2, 0) is 11.8 Å². The molecule has 5 nitrogen and oxygen atoms in total. The molecule has 2 aromatic rings. The van der Waals surface area contributed by atoms with Crippen LogP contribution in [0, 0.1) is 6.92 Å². The lowest BCUT2D eigenvalue weighted by atomic mass is 9.74. The second-order valence-corrected chi connectivity index (χ2v) is 7.88. The van der Waals surface area contributed by atoms with Gasteiger partial charge in [0.25, 0.3) is 0 Å². The van der Waals surface area contributed by atoms with Crippen molar-refractivity contribution in [1.82, 2.24) is 19.8 Å². The smallest absolute Gasteiger partial charge is 0.223 e. The molecule has 1 aromatic heterocycles. The molecule has 0 radical (unpaired) electrons. The Bertz CT molecular complexity index is 793. The Morgan fingerprint density at radius 2 is 1.96 bits per heavy atom. The second-order valence-electron chi connectivity index (χ2n) is 7.88. The molecule has 0 spiro atoms. The van der Waals surface area contributed by atoms with Gasteiger partial charge in [0.05, 0.1) is 0 Å². The predicted octanol–water partition coefficient (Wildman–Crippen LogP) is 2.93. The first-order valence-electron chi connectivity index (χ1n) is 9.59. The molecule has 1 aliphatic heterocycles. The monoisotopic (exact) mass is 352 g/mol. The predicted molar refractivity (Wildman–Crippen MR) is 102 cm³/mol. The number of hydrogen-bond acceptors (Lipinski definition) is 3. The first-order valence-corrected chi connectivity index (χ1v) is 9.59. The van der Waals surface area contributed by atoms with E-state index < -0.39 is 0 Å². The molecule has 2 atom stereocenters. The summed E-state index contributed by atoms with van der Waals surface area (Å²) < 4.78 is 2.03. The summed E-state index contributed by atoms with van der Waals surface area (Å²) in [5.74, 6) is 1.83. The van der Waals surface area contributed by atoms with Crippen LogP contribution >= 0.6 is 0 Å². The van der Waals surface area contributed by atoms with E-state index in [0.29, 0.717) is 18.4 Å². The van der Waals surface area contributed by atoms with Gasteiger partial charge < -0.3 is 14.8 Å². The molecule has 0 unspecified atom stereocenters. The molecule has 1 saturated carbocycles. The van der Waals surface area contributed by atoms with E-state index in [2.05, 4.69) is 41.5 Å². The lowest BCUT2D eigenvalue weighted by molar-refractivity contribution is -0.136. The molecular weight excluding hydrogens is 324 g/mol. The largest absolute Gasteiger partial charge is 0.336 e. The zero-order chi connectivity index (χ0) is 18.3. The average Bonchev–Trinajstić information content (AvgIpc) is 3.00. The zero-order valence-electron chi connectivity index (χ0n) is 15.9. The summed E-state index contributed by atoms with van der Waals surface area (Å²) in [5, 5.41) is 3.84. The molecular formula is C21H28N4O. The van der Waals surface area contributed by atoms with Gasteiger partial charge in [-0.05, 0) is 43.2 Å². The Balaban J connectivity index is 1.45. The van der Waals surface area contributed by atoms with E-state index in [0.717, 1.165) is 12.2 Å². The van der Waals surface area contributed by atoms with Crippen molar-refractivity contribution < 1.29 is 4.79 Å². The molecule has 26 heavy (non-hydrogen) atoms. The number of carbonyl (C=O) groups is 1. The van der Waals surface area contributed by atoms with Gasteiger partial charge in [0.15, 0.2) is 0 Å². The van der Waals surface area contributed by atoms with E-state index in [1.807, 2.05) is 36.0 Å². The van der Waals surface area contributed by atoms with Gasteiger partial charge in [-0.2, -0.15) is 0 Å². The average molecular weight is 352 g/mol. The number of aromatic nitrogens is 2. The van der Waals surface area contributed by atoms with E-state index in [9.17, 15) is 4.79 Å². The van der Waals surface area contributed by atoms with Gasteiger partial charge in [-0.3, -0.25) is 4.79 Å². The maximum absolute atomic E-state index is 12.3. The van der Waals surface area contributed by atoms with E-state index in [-0.39, 0.29) is 18.0 Å². The molecule has 1 aromatic carbocycles. The number of nitrogens with one attached hydrogen (secondary N) is 1. The summed E-state index contributed by atoms with van der Waals surface area (Å²) in [6, 6.07) is 9.51. The van der Waals surface area contributed by atoms with Crippen molar-refractivity contribution in [3.63, 3.8) is 0 Å². The Kier molecular flexibility index (Phi) is 4.57. The molecule has 1 amide bonds. The number of benzene rings is 1. The SMILES string of the molecule is Cc1ccccc1C1CC(N[C@@H]2CCC(=O)N(C)[C@H]2c2nccn2C)C1. The number of piperidine rings is 1. The molecule has 0 bridgehead atoms. The molecule has 5 heteroatoms. The molecule has 1 N–H and O–H groups in total. The van der Waals surface area contributed by atoms with Crippen LogP contribution in [0.3, 0.4) is 0 Å². The van der Waals surface area contributed by atoms with Crippen molar-refractivity contribution in [2.45, 2.75) is 56.7 Å². The van der Waals surface area contributed by atoms with Crippen LogP contribution in [0.15, 0.2) is 36.7 Å². The zero-order valence-corrected chi connectivity index (χ0v) is 15.9. The minimum atomic E-state index is 0.00811. The van der Waals surface area contributed by atoms with Crippen molar-refractivity contribution in [3.8, 4) is 0 Å². The Morgan fingerprint density at radius 1 is 1.19 bits per heavy atom. The number of likely N-dealkylation sites (tertiary alicyclic amines) is 1. The lowest BCUT2D eigenvalue weighted by Crippen LogP contribution is -2.54. The Morgan fingerprint density at radius 3 is 2.65 bits per heavy atom. The third kappa shape index (κ3) is 3.05. The van der Waals surface area contributed by atoms with Gasteiger partial charge in [0.2, 0.25) is 5.91 Å². The lowest BCUT2D eigenvalue weighted by Gasteiger charge is -2.44. The van der Waals surface area contributed by atoms with Crippen LogP contribution in [0.1, 0.15) is 54.6 Å². The Hall–Kier alpha value is -2.14. The molecule has 138 valence electrons. The van der Waals surface area contributed by atoms with Crippen molar-refractivity contribution in [2.75, 3.05) is 7.05 Å². The highest BCUT2D eigenvalue weighted by Crippen LogP contribution is 2.40. The van der Waals surface area contributed by atoms with Crippen LogP contribution < -0.4 is 5.32 Å². The maximum atomic E-state index is 12.3. The van der Waals surface area contributed by atoms with E-state index >= 15 is 0 Å². The molecule has 2 fully saturated rings. The molecule has 2 aliphatic rings.